The summed E-state index contributed by atoms with van der Waals surface area (Å²) in [4.78, 5) is 18.9. The highest BCUT2D eigenvalue weighted by atomic mass is 35.5. The van der Waals surface area contributed by atoms with E-state index >= 15 is 0 Å². The number of aliphatic carboxylic acids is 1. The molecule has 4 rings (SSSR count). The summed E-state index contributed by atoms with van der Waals surface area (Å²) in [6.45, 7) is 16.1. The van der Waals surface area contributed by atoms with Crippen LogP contribution in [0.3, 0.4) is 0 Å². The number of carboxylic acids is 1. The van der Waals surface area contributed by atoms with Crippen molar-refractivity contribution in [2.24, 2.45) is 17.1 Å². The maximum absolute atomic E-state index is 12.0. The van der Waals surface area contributed by atoms with Crippen molar-refractivity contribution in [3.05, 3.63) is 58.6 Å². The molecule has 0 saturated carbocycles. The third-order valence-corrected chi connectivity index (χ3v) is 7.55. The maximum Gasteiger partial charge on any atom is 0.312 e. The summed E-state index contributed by atoms with van der Waals surface area (Å²) in [6.07, 6.45) is 2.04. The van der Waals surface area contributed by atoms with Gasteiger partial charge in [0.15, 0.2) is 0 Å². The molecule has 0 atom stereocenters. The van der Waals surface area contributed by atoms with Gasteiger partial charge in [-0.15, -0.1) is 0 Å². The summed E-state index contributed by atoms with van der Waals surface area (Å²) in [5.41, 5.74) is 8.44. The average Bonchev–Trinajstić information content (AvgIpc) is 3.45. The van der Waals surface area contributed by atoms with Gasteiger partial charge in [-0.1, -0.05) is 60.9 Å². The molecule has 1 aliphatic rings. The second-order valence-corrected chi connectivity index (χ2v) is 13.4. The van der Waals surface area contributed by atoms with E-state index in [0.29, 0.717) is 68.4 Å². The fourth-order valence-corrected chi connectivity index (χ4v) is 5.11. The zero-order valence-electron chi connectivity index (χ0n) is 27.1. The van der Waals surface area contributed by atoms with Crippen LogP contribution in [-0.4, -0.2) is 71.2 Å². The van der Waals surface area contributed by atoms with Gasteiger partial charge in [0.1, 0.15) is 0 Å². The highest BCUT2D eigenvalue weighted by Crippen LogP contribution is 2.33. The Morgan fingerprint density at radius 2 is 1.70 bits per heavy atom. The number of piperidine rings is 1. The molecule has 3 N–H and O–H groups in total. The first-order valence-electron chi connectivity index (χ1n) is 15.4. The molecule has 44 heavy (non-hydrogen) atoms. The van der Waals surface area contributed by atoms with Crippen molar-refractivity contribution < 1.29 is 23.9 Å². The first kappa shape index (κ1) is 35.7. The highest BCUT2D eigenvalue weighted by molar-refractivity contribution is 6.31. The number of halogens is 1. The minimum atomic E-state index is -0.831. The van der Waals surface area contributed by atoms with Gasteiger partial charge in [0, 0.05) is 34.8 Å². The lowest BCUT2D eigenvalue weighted by atomic mass is 9.79. The van der Waals surface area contributed by atoms with Crippen molar-refractivity contribution in [2.45, 2.75) is 72.9 Å². The molecule has 1 saturated heterocycles. The third-order valence-electron chi connectivity index (χ3n) is 7.19. The Balaban J connectivity index is 0.000000978. The van der Waals surface area contributed by atoms with E-state index < -0.39 is 11.4 Å². The zero-order valence-corrected chi connectivity index (χ0v) is 27.8. The van der Waals surface area contributed by atoms with E-state index in [2.05, 4.69) is 41.0 Å². The molecule has 0 bridgehead atoms. The third kappa shape index (κ3) is 11.3. The van der Waals surface area contributed by atoms with E-state index in [0.717, 1.165) is 35.2 Å². The predicted octanol–water partition coefficient (Wildman–Crippen LogP) is 6.72. The van der Waals surface area contributed by atoms with Gasteiger partial charge < -0.3 is 24.8 Å². The SMILES string of the molecule is CC(C)(C)N.CCOCCOCC1(C(=O)O)CCN(Cc2ccc(-c3noc(-c4ccc(CC(C)C)c(Cl)c4)n3)cc2)CC1. The number of hydrogen-bond donors (Lipinski definition) is 2. The number of benzene rings is 2. The number of hydrogen-bond acceptors (Lipinski definition) is 8. The van der Waals surface area contributed by atoms with Gasteiger partial charge in [0.25, 0.3) is 5.89 Å². The molecule has 9 nitrogen and oxygen atoms in total. The minimum absolute atomic E-state index is 0. The van der Waals surface area contributed by atoms with Gasteiger partial charge in [0.05, 0.1) is 25.2 Å². The lowest BCUT2D eigenvalue weighted by molar-refractivity contribution is -0.157. The number of ether oxygens (including phenoxy) is 2. The van der Waals surface area contributed by atoms with Crippen LogP contribution in [0.5, 0.6) is 0 Å². The second-order valence-electron chi connectivity index (χ2n) is 13.0. The largest absolute Gasteiger partial charge is 0.481 e. The summed E-state index contributed by atoms with van der Waals surface area (Å²) in [5.74, 6) is 0.697. The highest BCUT2D eigenvalue weighted by Gasteiger charge is 2.41. The Bertz CT molecular complexity index is 1310. The summed E-state index contributed by atoms with van der Waals surface area (Å²) >= 11 is 6.48. The van der Waals surface area contributed by atoms with E-state index in [4.69, 9.17) is 31.3 Å². The Hall–Kier alpha value is -2.82. The molecule has 2 aromatic carbocycles. The fraction of sp³-hybridized carbons (Fsp3) is 0.559. The van der Waals surface area contributed by atoms with Crippen molar-refractivity contribution >= 4 is 17.6 Å². The molecule has 0 radical (unpaired) electrons. The van der Waals surface area contributed by atoms with E-state index in [1.165, 1.54) is 0 Å². The quantitative estimate of drug-likeness (QED) is 0.198. The van der Waals surface area contributed by atoms with E-state index in [1.54, 1.807) is 0 Å². The average molecular weight is 629 g/mol. The van der Waals surface area contributed by atoms with Crippen LogP contribution in [0.25, 0.3) is 22.8 Å². The minimum Gasteiger partial charge on any atom is -0.481 e. The molecule has 242 valence electrons. The standard InChI is InChI=1S/C30H38ClN3O5.C4H11N/c1-4-37-15-16-38-20-30(29(35)36)11-13-34(14-12-30)19-22-5-7-23(8-6-22)27-32-28(39-33-27)25-10-9-24(17-21(2)3)26(31)18-25;1-4(2,3)5/h5-10,18,21H,4,11-17,19-20H2,1-3H3,(H,35,36);5H2,1-3H3. The summed E-state index contributed by atoms with van der Waals surface area (Å²) in [5, 5.41) is 14.8. The summed E-state index contributed by atoms with van der Waals surface area (Å²) < 4.78 is 16.5. The van der Waals surface area contributed by atoms with Crippen molar-refractivity contribution in [2.75, 3.05) is 39.5 Å². The Morgan fingerprint density at radius 3 is 2.27 bits per heavy atom. The molecule has 0 unspecified atom stereocenters. The Kier molecular flexibility index (Phi) is 13.4. The van der Waals surface area contributed by atoms with Gasteiger partial charge in [-0.05, 0) is 89.2 Å². The first-order valence-corrected chi connectivity index (χ1v) is 15.8. The zero-order chi connectivity index (χ0) is 32.3. The number of nitrogens with two attached hydrogens (primary N) is 1. The van der Waals surface area contributed by atoms with Gasteiger partial charge >= 0.3 is 5.97 Å². The molecule has 1 aliphatic heterocycles. The maximum atomic E-state index is 12.0. The number of aromatic nitrogens is 2. The van der Waals surface area contributed by atoms with Crippen LogP contribution in [0.1, 0.15) is 65.5 Å². The normalized spacial score (nSPS) is 15.2. The van der Waals surface area contributed by atoms with Crippen molar-refractivity contribution in [3.8, 4) is 22.8 Å². The number of nitrogens with zero attached hydrogens (tertiary/aromatic N) is 3. The van der Waals surface area contributed by atoms with Gasteiger partial charge in [-0.3, -0.25) is 9.69 Å². The Morgan fingerprint density at radius 1 is 1.09 bits per heavy atom. The fourth-order valence-electron chi connectivity index (χ4n) is 4.85. The van der Waals surface area contributed by atoms with Gasteiger partial charge in [-0.25, -0.2) is 0 Å². The van der Waals surface area contributed by atoms with Crippen LogP contribution >= 0.6 is 11.6 Å². The molecular weight excluding hydrogens is 580 g/mol. The molecule has 0 amide bonds. The van der Waals surface area contributed by atoms with Crippen molar-refractivity contribution in [1.29, 1.82) is 0 Å². The number of rotatable bonds is 13. The second kappa shape index (κ2) is 16.5. The molecule has 1 aromatic heterocycles. The van der Waals surface area contributed by atoms with Crippen LogP contribution in [0, 0.1) is 11.3 Å². The van der Waals surface area contributed by atoms with Crippen LogP contribution in [0.15, 0.2) is 47.0 Å². The van der Waals surface area contributed by atoms with Crippen molar-refractivity contribution in [3.63, 3.8) is 0 Å². The molecule has 0 spiro atoms. The van der Waals surface area contributed by atoms with Crippen LogP contribution in [0.2, 0.25) is 5.02 Å². The topological polar surface area (TPSA) is 124 Å². The van der Waals surface area contributed by atoms with E-state index in [1.807, 2.05) is 58.0 Å². The van der Waals surface area contributed by atoms with Crippen LogP contribution in [0.4, 0.5) is 0 Å². The molecule has 1 fully saturated rings. The van der Waals surface area contributed by atoms with E-state index in [-0.39, 0.29) is 12.1 Å². The lowest BCUT2D eigenvalue weighted by Gasteiger charge is -2.38. The van der Waals surface area contributed by atoms with Gasteiger partial charge in [-0.2, -0.15) is 4.98 Å². The number of carboxylic acid groups (broad SMARTS) is 1. The summed E-state index contributed by atoms with van der Waals surface area (Å²) in [6, 6.07) is 13.9. The lowest BCUT2D eigenvalue weighted by Crippen LogP contribution is -2.46. The first-order chi connectivity index (χ1) is 20.8. The molecule has 3 aromatic rings. The smallest absolute Gasteiger partial charge is 0.312 e. The Labute approximate surface area is 267 Å². The van der Waals surface area contributed by atoms with Crippen LogP contribution < -0.4 is 5.73 Å². The molecule has 2 heterocycles. The monoisotopic (exact) mass is 628 g/mol. The number of likely N-dealkylation sites (tertiary alicyclic amines) is 1. The molecule has 10 heteroatoms. The van der Waals surface area contributed by atoms with Crippen LogP contribution in [-0.2, 0) is 27.2 Å². The molecular formula is C34H49ClN4O5. The number of carbonyl (C=O) groups is 1. The van der Waals surface area contributed by atoms with Crippen molar-refractivity contribution in [1.82, 2.24) is 15.0 Å². The van der Waals surface area contributed by atoms with E-state index in [9.17, 15) is 9.90 Å². The van der Waals surface area contributed by atoms with Gasteiger partial charge in [0.2, 0.25) is 5.82 Å². The molecule has 0 aliphatic carbocycles. The predicted molar refractivity (Wildman–Crippen MR) is 175 cm³/mol. The summed E-state index contributed by atoms with van der Waals surface area (Å²) in [7, 11) is 0.